The number of hydrogen-bond donors (Lipinski definition) is 1. The number of carbonyl (C=O) groups excluding carboxylic acids is 2. The van der Waals surface area contributed by atoms with E-state index in [0.717, 1.165) is 4.90 Å². The first-order valence-electron chi connectivity index (χ1n) is 9.06. The van der Waals surface area contributed by atoms with Crippen LogP contribution in [0.4, 0.5) is 9.59 Å². The highest BCUT2D eigenvalue weighted by Gasteiger charge is 2.32. The van der Waals surface area contributed by atoms with E-state index in [2.05, 4.69) is 26.1 Å². The molecule has 1 heterocycles. The summed E-state index contributed by atoms with van der Waals surface area (Å²) in [5.41, 5.74) is -1.94. The Balaban J connectivity index is 2.58. The van der Waals surface area contributed by atoms with Gasteiger partial charge in [0.15, 0.2) is 0 Å². The van der Waals surface area contributed by atoms with Crippen molar-refractivity contribution in [3.05, 3.63) is 38.2 Å². The number of aromatic amines is 1. The molecule has 0 aliphatic rings. The fourth-order valence-corrected chi connectivity index (χ4v) is 2.97. The van der Waals surface area contributed by atoms with Crippen molar-refractivity contribution in [3.63, 3.8) is 0 Å². The smallest absolute Gasteiger partial charge is 0.420 e. The molecule has 0 atom stereocenters. The fraction of sp³-hybridized carbons (Fsp3) is 0.450. The van der Waals surface area contributed by atoms with Gasteiger partial charge in [0, 0.05) is 9.86 Å². The van der Waals surface area contributed by atoms with Crippen molar-refractivity contribution < 1.29 is 19.1 Å². The largest absolute Gasteiger partial charge is 0.443 e. The lowest BCUT2D eigenvalue weighted by Crippen LogP contribution is -2.43. The minimum Gasteiger partial charge on any atom is -0.443 e. The number of nitrogens with zero attached hydrogens (tertiary/aromatic N) is 3. The Kier molecular flexibility index (Phi) is 6.57. The maximum absolute atomic E-state index is 12.7. The molecule has 2 aromatic rings. The number of carbonyl (C=O) groups is 2. The number of hydrogen-bond acceptors (Lipinski definition) is 7. The monoisotopic (exact) mass is 478 g/mol. The van der Waals surface area contributed by atoms with Crippen LogP contribution in [0.15, 0.2) is 21.4 Å². The molecule has 0 aliphatic heterocycles. The number of aromatic nitrogens is 2. The zero-order chi connectivity index (χ0) is 22.9. The van der Waals surface area contributed by atoms with Gasteiger partial charge in [0.05, 0.1) is 23.2 Å². The minimum atomic E-state index is -0.923. The molecule has 9 nitrogen and oxygen atoms in total. The summed E-state index contributed by atoms with van der Waals surface area (Å²) in [4.78, 5) is 38.5. The summed E-state index contributed by atoms with van der Waals surface area (Å²) in [5, 5.41) is 16.1. The number of halogens is 1. The van der Waals surface area contributed by atoms with Gasteiger partial charge < -0.3 is 9.47 Å². The van der Waals surface area contributed by atoms with E-state index in [-0.39, 0.29) is 23.2 Å². The van der Waals surface area contributed by atoms with Crippen LogP contribution in [0, 0.1) is 11.3 Å². The average molecular weight is 479 g/mol. The van der Waals surface area contributed by atoms with Gasteiger partial charge in [0.2, 0.25) is 0 Å². The molecular weight excluding hydrogens is 456 g/mol. The Bertz CT molecular complexity index is 1060. The van der Waals surface area contributed by atoms with E-state index in [1.54, 1.807) is 47.6 Å². The molecule has 1 N–H and O–H groups in total. The lowest BCUT2D eigenvalue weighted by Gasteiger charge is -2.28. The Hall–Kier alpha value is -2.93. The normalized spacial score (nSPS) is 11.7. The van der Waals surface area contributed by atoms with Crippen molar-refractivity contribution in [1.82, 2.24) is 15.1 Å². The minimum absolute atomic E-state index is 0.110. The zero-order valence-electron chi connectivity index (χ0n) is 17.6. The summed E-state index contributed by atoms with van der Waals surface area (Å²) in [6, 6.07) is 5.06. The average Bonchev–Trinajstić information content (AvgIpc) is 2.57. The number of H-pyrrole nitrogens is 1. The van der Waals surface area contributed by atoms with Gasteiger partial charge >= 0.3 is 12.2 Å². The predicted octanol–water partition coefficient (Wildman–Crippen LogP) is 4.23. The molecule has 1 aromatic heterocycles. The highest BCUT2D eigenvalue weighted by Crippen LogP contribution is 2.25. The van der Waals surface area contributed by atoms with E-state index in [9.17, 15) is 19.6 Å². The molecule has 0 radical (unpaired) electrons. The van der Waals surface area contributed by atoms with Crippen LogP contribution in [0.5, 0.6) is 0 Å². The van der Waals surface area contributed by atoms with E-state index in [0.29, 0.717) is 9.86 Å². The molecule has 160 valence electrons. The molecule has 30 heavy (non-hydrogen) atoms. The third-order valence-electron chi connectivity index (χ3n) is 3.59. The van der Waals surface area contributed by atoms with Crippen molar-refractivity contribution in [2.45, 2.75) is 59.3 Å². The second-order valence-corrected chi connectivity index (χ2v) is 9.45. The van der Waals surface area contributed by atoms with Crippen LogP contribution < -0.4 is 5.56 Å². The Morgan fingerprint density at radius 2 is 1.67 bits per heavy atom. The number of nitriles is 1. The van der Waals surface area contributed by atoms with Crippen LogP contribution in [0.1, 0.15) is 52.8 Å². The van der Waals surface area contributed by atoms with Gasteiger partial charge in [0.1, 0.15) is 17.3 Å². The van der Waals surface area contributed by atoms with Gasteiger partial charge in [-0.3, -0.25) is 4.79 Å². The lowest BCUT2D eigenvalue weighted by molar-refractivity contribution is -0.000426. The van der Waals surface area contributed by atoms with Gasteiger partial charge in [-0.25, -0.2) is 19.6 Å². The quantitative estimate of drug-likeness (QED) is 0.683. The molecule has 0 saturated carbocycles. The highest BCUT2D eigenvalue weighted by atomic mass is 79.9. The van der Waals surface area contributed by atoms with Crippen LogP contribution in [0.25, 0.3) is 10.8 Å². The van der Waals surface area contributed by atoms with E-state index < -0.39 is 28.9 Å². The van der Waals surface area contributed by atoms with Gasteiger partial charge in [0.25, 0.3) is 5.56 Å². The maximum atomic E-state index is 12.7. The van der Waals surface area contributed by atoms with Crippen LogP contribution in [-0.4, -0.2) is 38.5 Å². The SMILES string of the molecule is CC(C)(C)OC(=O)N(Cc1n[nH]c(=O)c2c(C#N)cc(Br)cc12)C(=O)OC(C)(C)C. The first-order chi connectivity index (χ1) is 13.7. The molecule has 10 heteroatoms. The number of imide groups is 1. The number of fused-ring (bicyclic) bond motifs is 1. The van der Waals surface area contributed by atoms with Crippen molar-refractivity contribution in [2.24, 2.45) is 0 Å². The fourth-order valence-electron chi connectivity index (χ4n) is 2.51. The van der Waals surface area contributed by atoms with E-state index in [1.165, 1.54) is 6.07 Å². The van der Waals surface area contributed by atoms with Crippen LogP contribution in [-0.2, 0) is 16.0 Å². The topological polar surface area (TPSA) is 125 Å². The van der Waals surface area contributed by atoms with Gasteiger partial charge in [-0.05, 0) is 53.7 Å². The molecule has 0 unspecified atom stereocenters. The number of ether oxygens (including phenoxy) is 2. The summed E-state index contributed by atoms with van der Waals surface area (Å²) >= 11 is 3.30. The molecule has 0 fully saturated rings. The Labute approximate surface area is 182 Å². The molecule has 0 saturated heterocycles. The molecule has 0 bridgehead atoms. The molecule has 0 spiro atoms. The molecule has 2 amide bonds. The molecule has 0 aliphatic carbocycles. The highest BCUT2D eigenvalue weighted by molar-refractivity contribution is 9.10. The van der Waals surface area contributed by atoms with E-state index in [1.807, 2.05) is 6.07 Å². The van der Waals surface area contributed by atoms with Gasteiger partial charge in [-0.1, -0.05) is 15.9 Å². The predicted molar refractivity (Wildman–Crippen MR) is 113 cm³/mol. The first kappa shape index (κ1) is 23.3. The second-order valence-electron chi connectivity index (χ2n) is 8.53. The second kappa shape index (κ2) is 8.44. The zero-order valence-corrected chi connectivity index (χ0v) is 19.2. The third kappa shape index (κ3) is 5.79. The number of amides is 2. The van der Waals surface area contributed by atoms with Gasteiger partial charge in [-0.2, -0.15) is 10.4 Å². The summed E-state index contributed by atoms with van der Waals surface area (Å²) in [6.45, 7) is 9.68. The van der Waals surface area contributed by atoms with Gasteiger partial charge in [-0.15, -0.1) is 0 Å². The maximum Gasteiger partial charge on any atom is 0.420 e. The van der Waals surface area contributed by atoms with E-state index in [4.69, 9.17) is 9.47 Å². The molecule has 2 rings (SSSR count). The van der Waals surface area contributed by atoms with Crippen molar-refractivity contribution in [1.29, 1.82) is 5.26 Å². The van der Waals surface area contributed by atoms with Crippen LogP contribution in [0.2, 0.25) is 0 Å². The Morgan fingerprint density at radius 3 is 2.13 bits per heavy atom. The summed E-state index contributed by atoms with van der Waals surface area (Å²) in [5.74, 6) is 0. The van der Waals surface area contributed by atoms with Crippen molar-refractivity contribution in [2.75, 3.05) is 0 Å². The summed E-state index contributed by atoms with van der Waals surface area (Å²) in [6.07, 6.45) is -1.85. The summed E-state index contributed by atoms with van der Waals surface area (Å²) in [7, 11) is 0. The lowest BCUT2D eigenvalue weighted by atomic mass is 10.1. The molecule has 1 aromatic carbocycles. The Morgan fingerprint density at radius 1 is 1.13 bits per heavy atom. The van der Waals surface area contributed by atoms with Crippen molar-refractivity contribution in [3.8, 4) is 6.07 Å². The number of nitrogens with one attached hydrogen (secondary N) is 1. The van der Waals surface area contributed by atoms with E-state index >= 15 is 0 Å². The number of benzene rings is 1. The first-order valence-corrected chi connectivity index (χ1v) is 9.85. The standard InChI is InChI=1S/C20H23BrN4O5/c1-19(2,3)29-17(27)25(18(28)30-20(4,5)6)10-14-13-8-12(21)7-11(9-22)15(13)16(26)24-23-14/h7-8H,10H2,1-6H3,(H,24,26). The summed E-state index contributed by atoms with van der Waals surface area (Å²) < 4.78 is 11.2. The molecular formula is C20H23BrN4O5. The van der Waals surface area contributed by atoms with Crippen LogP contribution in [0.3, 0.4) is 0 Å². The number of rotatable bonds is 2. The van der Waals surface area contributed by atoms with Crippen LogP contribution >= 0.6 is 15.9 Å². The third-order valence-corrected chi connectivity index (χ3v) is 4.05. The van der Waals surface area contributed by atoms with Crippen molar-refractivity contribution >= 4 is 38.9 Å².